The van der Waals surface area contributed by atoms with Gasteiger partial charge in [0.05, 0.1) is 38.3 Å². The second kappa shape index (κ2) is 8.19. The van der Waals surface area contributed by atoms with Crippen LogP contribution in [-0.2, 0) is 15.7 Å². The lowest BCUT2D eigenvalue weighted by Crippen LogP contribution is -3.15. The number of amides is 2. The summed E-state index contributed by atoms with van der Waals surface area (Å²) >= 11 is 0. The molecule has 1 aromatic rings. The summed E-state index contributed by atoms with van der Waals surface area (Å²) in [6.45, 7) is 4.48. The van der Waals surface area contributed by atoms with E-state index in [1.807, 2.05) is 0 Å². The molecule has 1 aliphatic rings. The highest BCUT2D eigenvalue weighted by molar-refractivity contribution is 5.91. The minimum Gasteiger partial charge on any atom is -0.450 e. The lowest BCUT2D eigenvalue weighted by molar-refractivity contribution is -0.895. The summed E-state index contributed by atoms with van der Waals surface area (Å²) in [7, 11) is 0. The van der Waals surface area contributed by atoms with Crippen molar-refractivity contribution in [3.63, 3.8) is 0 Å². The minimum absolute atomic E-state index is 0.192. The quantitative estimate of drug-likeness (QED) is 0.842. The number of hydrogen-bond donors (Lipinski definition) is 2. The van der Waals surface area contributed by atoms with E-state index in [9.17, 15) is 22.8 Å². The first-order valence-electron chi connectivity index (χ1n) is 8.02. The Morgan fingerprint density at radius 3 is 2.32 bits per heavy atom. The molecule has 1 fully saturated rings. The first-order chi connectivity index (χ1) is 11.8. The van der Waals surface area contributed by atoms with Crippen LogP contribution in [0.2, 0.25) is 0 Å². The van der Waals surface area contributed by atoms with Crippen LogP contribution in [0.5, 0.6) is 0 Å². The van der Waals surface area contributed by atoms with Crippen LogP contribution >= 0.6 is 0 Å². The van der Waals surface area contributed by atoms with Crippen LogP contribution in [0.25, 0.3) is 0 Å². The number of benzene rings is 1. The standard InChI is InChI=1S/C16H20F3N3O3/c1-2-25-15(24)22-9-7-21(8-10-22)11-14(23)20-13-5-3-12(4-6-13)16(17,18)19/h3-6H,2,7-11H2,1H3,(H,20,23)/p+1. The summed E-state index contributed by atoms with van der Waals surface area (Å²) in [4.78, 5) is 26.2. The Kier molecular flexibility index (Phi) is 6.24. The van der Waals surface area contributed by atoms with Crippen molar-refractivity contribution in [3.8, 4) is 0 Å². The van der Waals surface area contributed by atoms with Crippen molar-refractivity contribution >= 4 is 17.7 Å². The number of rotatable bonds is 4. The second-order valence-electron chi connectivity index (χ2n) is 5.74. The topological polar surface area (TPSA) is 63.1 Å². The highest BCUT2D eigenvalue weighted by Gasteiger charge is 2.30. The molecule has 1 aromatic carbocycles. The molecule has 1 aliphatic heterocycles. The van der Waals surface area contributed by atoms with Crippen molar-refractivity contribution in [3.05, 3.63) is 29.8 Å². The van der Waals surface area contributed by atoms with Gasteiger partial charge >= 0.3 is 12.3 Å². The van der Waals surface area contributed by atoms with Gasteiger partial charge in [0.2, 0.25) is 0 Å². The van der Waals surface area contributed by atoms with Crippen molar-refractivity contribution < 1.29 is 32.4 Å². The minimum atomic E-state index is -4.40. The lowest BCUT2D eigenvalue weighted by Gasteiger charge is -2.31. The van der Waals surface area contributed by atoms with E-state index < -0.39 is 11.7 Å². The van der Waals surface area contributed by atoms with Gasteiger partial charge in [-0.05, 0) is 31.2 Å². The zero-order chi connectivity index (χ0) is 18.4. The first kappa shape index (κ1) is 19.0. The molecule has 2 amide bonds. The molecule has 0 bridgehead atoms. The molecule has 2 N–H and O–H groups in total. The maximum Gasteiger partial charge on any atom is 0.416 e. The van der Waals surface area contributed by atoms with Crippen LogP contribution in [-0.4, -0.2) is 56.2 Å². The Morgan fingerprint density at radius 1 is 1.20 bits per heavy atom. The molecule has 9 heteroatoms. The van der Waals surface area contributed by atoms with Crippen LogP contribution in [0.4, 0.5) is 23.7 Å². The summed E-state index contributed by atoms with van der Waals surface area (Å²) in [5, 5.41) is 2.59. The molecule has 0 unspecified atom stereocenters. The molecule has 0 aromatic heterocycles. The molecule has 0 radical (unpaired) electrons. The zero-order valence-electron chi connectivity index (χ0n) is 13.9. The van der Waals surface area contributed by atoms with Gasteiger partial charge in [-0.15, -0.1) is 0 Å². The third kappa shape index (κ3) is 5.63. The Balaban J connectivity index is 1.78. The van der Waals surface area contributed by atoms with Gasteiger partial charge in [0.25, 0.3) is 5.91 Å². The van der Waals surface area contributed by atoms with Gasteiger partial charge in [-0.3, -0.25) is 9.69 Å². The van der Waals surface area contributed by atoms with E-state index in [-0.39, 0.29) is 18.5 Å². The van der Waals surface area contributed by atoms with E-state index >= 15 is 0 Å². The largest absolute Gasteiger partial charge is 0.450 e. The molecule has 1 saturated heterocycles. The molecule has 2 rings (SSSR count). The highest BCUT2D eigenvalue weighted by atomic mass is 19.4. The first-order valence-corrected chi connectivity index (χ1v) is 8.02. The van der Waals surface area contributed by atoms with Gasteiger partial charge in [-0.1, -0.05) is 0 Å². The van der Waals surface area contributed by atoms with Gasteiger partial charge < -0.3 is 15.0 Å². The van der Waals surface area contributed by atoms with E-state index in [2.05, 4.69) is 5.32 Å². The number of anilines is 1. The van der Waals surface area contributed by atoms with Gasteiger partial charge in [-0.25, -0.2) is 4.79 Å². The number of nitrogens with one attached hydrogen (secondary N) is 2. The van der Waals surface area contributed by atoms with Gasteiger partial charge in [-0.2, -0.15) is 13.2 Å². The number of piperazine rings is 1. The average Bonchev–Trinajstić information content (AvgIpc) is 2.55. The Bertz CT molecular complexity index is 597. The molecule has 0 atom stereocenters. The number of ether oxygens (including phenoxy) is 1. The van der Waals surface area contributed by atoms with Gasteiger partial charge in [0.1, 0.15) is 0 Å². The molecule has 0 aliphatic carbocycles. The lowest BCUT2D eigenvalue weighted by atomic mass is 10.2. The average molecular weight is 360 g/mol. The van der Waals surface area contributed by atoms with Crippen LogP contribution in [0, 0.1) is 0 Å². The smallest absolute Gasteiger partial charge is 0.416 e. The maximum absolute atomic E-state index is 12.5. The summed E-state index contributed by atoms with van der Waals surface area (Å²) in [5.74, 6) is -0.278. The normalized spacial score (nSPS) is 15.8. The number of nitrogens with zero attached hydrogens (tertiary/aromatic N) is 1. The Morgan fingerprint density at radius 2 is 1.80 bits per heavy atom. The second-order valence-corrected chi connectivity index (χ2v) is 5.74. The number of alkyl halides is 3. The van der Waals surface area contributed by atoms with Crippen LogP contribution < -0.4 is 10.2 Å². The van der Waals surface area contributed by atoms with Crippen LogP contribution in [0.1, 0.15) is 12.5 Å². The molecule has 25 heavy (non-hydrogen) atoms. The third-order valence-electron chi connectivity index (χ3n) is 3.90. The molecule has 138 valence electrons. The summed E-state index contributed by atoms with van der Waals surface area (Å²) < 4.78 is 42.4. The fourth-order valence-electron chi connectivity index (χ4n) is 2.57. The van der Waals surface area contributed by atoms with Crippen molar-refractivity contribution in [1.29, 1.82) is 0 Å². The van der Waals surface area contributed by atoms with Crippen molar-refractivity contribution in [2.75, 3.05) is 44.6 Å². The number of hydrogen-bond acceptors (Lipinski definition) is 3. The summed E-state index contributed by atoms with van der Waals surface area (Å²) in [6, 6.07) is 4.32. The van der Waals surface area contributed by atoms with E-state index in [1.165, 1.54) is 12.1 Å². The SMILES string of the molecule is CCOC(=O)N1CC[NH+](CC(=O)Nc2ccc(C(F)(F)F)cc2)CC1. The van der Waals surface area contributed by atoms with Gasteiger partial charge in [0.15, 0.2) is 6.54 Å². The third-order valence-corrected chi connectivity index (χ3v) is 3.90. The molecule has 6 nitrogen and oxygen atoms in total. The number of quaternary nitrogens is 1. The van der Waals surface area contributed by atoms with E-state index in [0.717, 1.165) is 17.0 Å². The number of carbonyl (C=O) groups is 2. The van der Waals surface area contributed by atoms with Crippen LogP contribution in [0.3, 0.4) is 0 Å². The summed E-state index contributed by atoms with van der Waals surface area (Å²) in [5.41, 5.74) is -0.436. The monoisotopic (exact) mass is 360 g/mol. The summed E-state index contributed by atoms with van der Waals surface area (Å²) in [6.07, 6.45) is -4.75. The van der Waals surface area contributed by atoms with Crippen molar-refractivity contribution in [2.24, 2.45) is 0 Å². The van der Waals surface area contributed by atoms with Crippen molar-refractivity contribution in [1.82, 2.24) is 4.90 Å². The van der Waals surface area contributed by atoms with Crippen molar-refractivity contribution in [2.45, 2.75) is 13.1 Å². The Hall–Kier alpha value is -2.29. The van der Waals surface area contributed by atoms with Gasteiger partial charge in [0, 0.05) is 5.69 Å². The predicted molar refractivity (Wildman–Crippen MR) is 84.2 cm³/mol. The number of carbonyl (C=O) groups excluding carboxylic acids is 2. The Labute approximate surface area is 143 Å². The van der Waals surface area contributed by atoms with E-state index in [4.69, 9.17) is 4.74 Å². The molecule has 1 heterocycles. The maximum atomic E-state index is 12.5. The van der Waals surface area contributed by atoms with Crippen LogP contribution in [0.15, 0.2) is 24.3 Å². The predicted octanol–water partition coefficient (Wildman–Crippen LogP) is 1.00. The van der Waals surface area contributed by atoms with E-state index in [1.54, 1.807) is 11.8 Å². The fraction of sp³-hybridized carbons (Fsp3) is 0.500. The highest BCUT2D eigenvalue weighted by Crippen LogP contribution is 2.29. The molecule has 0 spiro atoms. The molecular formula is C16H21F3N3O3+. The number of halogens is 3. The zero-order valence-corrected chi connectivity index (χ0v) is 13.9. The fourth-order valence-corrected chi connectivity index (χ4v) is 2.57. The molecule has 0 saturated carbocycles. The molecular weight excluding hydrogens is 339 g/mol. The van der Waals surface area contributed by atoms with E-state index in [0.29, 0.717) is 38.5 Å².